The summed E-state index contributed by atoms with van der Waals surface area (Å²) in [6.45, 7) is 8.24. The average Bonchev–Trinajstić information content (AvgIpc) is 3.21. The second-order valence-electron chi connectivity index (χ2n) is 8.35. The number of aromatic nitrogens is 2. The number of fused-ring (bicyclic) bond motifs is 1. The van der Waals surface area contributed by atoms with Crippen molar-refractivity contribution in [2.45, 2.75) is 46.1 Å². The summed E-state index contributed by atoms with van der Waals surface area (Å²) in [7, 11) is 0. The molecule has 0 atom stereocenters. The monoisotopic (exact) mass is 416 g/mol. The zero-order valence-electron chi connectivity index (χ0n) is 18.6. The highest BCUT2D eigenvalue weighted by Crippen LogP contribution is 2.24. The van der Waals surface area contributed by atoms with Crippen LogP contribution in [0.25, 0.3) is 16.6 Å². The van der Waals surface area contributed by atoms with Gasteiger partial charge in [0.25, 0.3) is 0 Å². The predicted molar refractivity (Wildman–Crippen MR) is 128 cm³/mol. The highest BCUT2D eigenvalue weighted by molar-refractivity contribution is 5.93. The molecule has 0 unspecified atom stereocenters. The van der Waals surface area contributed by atoms with Gasteiger partial charge in [0.1, 0.15) is 0 Å². The lowest BCUT2D eigenvalue weighted by Crippen LogP contribution is -2.29. The number of amides is 1. The van der Waals surface area contributed by atoms with Gasteiger partial charge in [-0.05, 0) is 61.6 Å². The maximum Gasteiger partial charge on any atom is 0.224 e. The van der Waals surface area contributed by atoms with Gasteiger partial charge in [-0.1, -0.05) is 43.3 Å². The van der Waals surface area contributed by atoms with Gasteiger partial charge in [-0.25, -0.2) is 4.98 Å². The number of rotatable bonds is 8. The van der Waals surface area contributed by atoms with Gasteiger partial charge in [0.2, 0.25) is 5.91 Å². The van der Waals surface area contributed by atoms with E-state index in [1.807, 2.05) is 25.4 Å². The number of benzene rings is 2. The van der Waals surface area contributed by atoms with Gasteiger partial charge in [-0.15, -0.1) is 0 Å². The van der Waals surface area contributed by atoms with Crippen molar-refractivity contribution in [3.63, 3.8) is 0 Å². The quantitative estimate of drug-likeness (QED) is 0.510. The Morgan fingerprint density at radius 3 is 2.68 bits per heavy atom. The summed E-state index contributed by atoms with van der Waals surface area (Å²) in [6, 6.07) is 14.7. The molecular formula is C26H32N4O. The largest absolute Gasteiger partial charge is 0.330 e. The number of carbonyl (C=O) groups excluding carboxylic acids is 1. The molecule has 0 radical (unpaired) electrons. The molecule has 2 heterocycles. The molecule has 1 aliphatic heterocycles. The van der Waals surface area contributed by atoms with Crippen LogP contribution in [0.4, 0.5) is 5.69 Å². The van der Waals surface area contributed by atoms with Gasteiger partial charge in [0.15, 0.2) is 0 Å². The number of aryl methyl sites for hydroxylation is 2. The Morgan fingerprint density at radius 1 is 1.13 bits per heavy atom. The van der Waals surface area contributed by atoms with Crippen LogP contribution in [0, 0.1) is 6.92 Å². The third-order valence-corrected chi connectivity index (χ3v) is 6.07. The van der Waals surface area contributed by atoms with Crippen LogP contribution < -0.4 is 5.32 Å². The summed E-state index contributed by atoms with van der Waals surface area (Å²) in [4.78, 5) is 18.8. The van der Waals surface area contributed by atoms with Crippen molar-refractivity contribution in [2.24, 2.45) is 0 Å². The summed E-state index contributed by atoms with van der Waals surface area (Å²) >= 11 is 0. The highest BCUT2D eigenvalue weighted by Gasteiger charge is 2.13. The SMILES string of the molecule is CCC(=O)Nc1cc(C)c2c(c1)ncn2CCCCN1CC=C(c2ccccc2)CC1. The molecule has 3 aromatic rings. The first-order valence-corrected chi connectivity index (χ1v) is 11.4. The fourth-order valence-corrected chi connectivity index (χ4v) is 4.36. The number of carbonyl (C=O) groups is 1. The third kappa shape index (κ3) is 5.23. The summed E-state index contributed by atoms with van der Waals surface area (Å²) in [5.41, 5.74) is 6.93. The summed E-state index contributed by atoms with van der Waals surface area (Å²) in [5, 5.41) is 2.94. The molecular weight excluding hydrogens is 384 g/mol. The molecule has 31 heavy (non-hydrogen) atoms. The zero-order valence-corrected chi connectivity index (χ0v) is 18.6. The Labute approximate surface area is 184 Å². The smallest absolute Gasteiger partial charge is 0.224 e. The molecule has 0 spiro atoms. The van der Waals surface area contributed by atoms with Crippen molar-refractivity contribution < 1.29 is 4.79 Å². The van der Waals surface area contributed by atoms with Crippen molar-refractivity contribution >= 4 is 28.2 Å². The summed E-state index contributed by atoms with van der Waals surface area (Å²) in [5.74, 6) is 0.0293. The normalized spacial score (nSPS) is 14.6. The van der Waals surface area contributed by atoms with Crippen LogP contribution in [-0.2, 0) is 11.3 Å². The van der Waals surface area contributed by atoms with Crippen LogP contribution in [0.15, 0.2) is 54.9 Å². The Morgan fingerprint density at radius 2 is 1.94 bits per heavy atom. The van der Waals surface area contributed by atoms with E-state index in [0.29, 0.717) is 6.42 Å². The molecule has 0 saturated heterocycles. The molecule has 0 bridgehead atoms. The highest BCUT2D eigenvalue weighted by atomic mass is 16.1. The lowest BCUT2D eigenvalue weighted by atomic mass is 9.99. The van der Waals surface area contributed by atoms with Crippen molar-refractivity contribution in [2.75, 3.05) is 25.0 Å². The molecule has 0 aliphatic carbocycles. The Kier molecular flexibility index (Phi) is 6.82. The lowest BCUT2D eigenvalue weighted by Gasteiger charge is -2.26. The van der Waals surface area contributed by atoms with Gasteiger partial charge in [-0.3, -0.25) is 9.69 Å². The Bertz CT molecular complexity index is 1070. The number of nitrogens with one attached hydrogen (secondary N) is 1. The van der Waals surface area contributed by atoms with Crippen molar-refractivity contribution in [3.8, 4) is 0 Å². The molecule has 1 aromatic heterocycles. The molecule has 1 aliphatic rings. The van der Waals surface area contributed by atoms with Crippen LogP contribution in [0.3, 0.4) is 0 Å². The van der Waals surface area contributed by atoms with Crippen molar-refractivity contribution in [1.29, 1.82) is 0 Å². The first-order valence-electron chi connectivity index (χ1n) is 11.4. The summed E-state index contributed by atoms with van der Waals surface area (Å²) in [6.07, 6.45) is 8.24. The van der Waals surface area contributed by atoms with Gasteiger partial charge < -0.3 is 9.88 Å². The molecule has 5 heteroatoms. The van der Waals surface area contributed by atoms with Gasteiger partial charge in [-0.2, -0.15) is 0 Å². The second-order valence-corrected chi connectivity index (χ2v) is 8.35. The predicted octanol–water partition coefficient (Wildman–Crippen LogP) is 5.26. The van der Waals surface area contributed by atoms with Gasteiger partial charge >= 0.3 is 0 Å². The first kappa shape index (κ1) is 21.3. The molecule has 2 aromatic carbocycles. The number of hydrogen-bond donors (Lipinski definition) is 1. The average molecular weight is 417 g/mol. The van der Waals surface area contributed by atoms with Crippen LogP contribution >= 0.6 is 0 Å². The fraction of sp³-hybridized carbons (Fsp3) is 0.385. The van der Waals surface area contributed by atoms with E-state index >= 15 is 0 Å². The van der Waals surface area contributed by atoms with E-state index in [2.05, 4.69) is 63.1 Å². The topological polar surface area (TPSA) is 50.2 Å². The lowest BCUT2D eigenvalue weighted by molar-refractivity contribution is -0.115. The van der Waals surface area contributed by atoms with Crippen molar-refractivity contribution in [1.82, 2.24) is 14.5 Å². The molecule has 4 rings (SSSR count). The molecule has 0 saturated carbocycles. The van der Waals surface area contributed by atoms with Crippen LogP contribution in [0.2, 0.25) is 0 Å². The number of nitrogens with zero attached hydrogens (tertiary/aromatic N) is 3. The van der Waals surface area contributed by atoms with E-state index in [1.165, 1.54) is 23.1 Å². The van der Waals surface area contributed by atoms with Crippen LogP contribution in [-0.4, -0.2) is 40.0 Å². The number of anilines is 1. The summed E-state index contributed by atoms with van der Waals surface area (Å²) < 4.78 is 2.25. The minimum Gasteiger partial charge on any atom is -0.330 e. The Balaban J connectivity index is 1.28. The van der Waals surface area contributed by atoms with E-state index < -0.39 is 0 Å². The number of unbranched alkanes of at least 4 members (excludes halogenated alkanes) is 1. The molecule has 162 valence electrons. The molecule has 1 amide bonds. The maximum absolute atomic E-state index is 11.7. The van der Waals surface area contributed by atoms with Gasteiger partial charge in [0, 0.05) is 31.7 Å². The number of hydrogen-bond acceptors (Lipinski definition) is 3. The van der Waals surface area contributed by atoms with E-state index in [0.717, 1.165) is 55.8 Å². The second kappa shape index (κ2) is 9.92. The van der Waals surface area contributed by atoms with Crippen LogP contribution in [0.5, 0.6) is 0 Å². The molecule has 1 N–H and O–H groups in total. The fourth-order valence-electron chi connectivity index (χ4n) is 4.36. The van der Waals surface area contributed by atoms with Crippen molar-refractivity contribution in [3.05, 3.63) is 66.0 Å². The van der Waals surface area contributed by atoms with Gasteiger partial charge in [0.05, 0.1) is 17.4 Å². The zero-order chi connectivity index (χ0) is 21.6. The van der Waals surface area contributed by atoms with E-state index in [1.54, 1.807) is 0 Å². The van der Waals surface area contributed by atoms with Crippen LogP contribution in [0.1, 0.15) is 43.7 Å². The minimum atomic E-state index is 0.0293. The Hall–Kier alpha value is -2.92. The number of imidazole rings is 1. The molecule has 0 fully saturated rings. The van der Waals surface area contributed by atoms with E-state index in [4.69, 9.17) is 0 Å². The third-order valence-electron chi connectivity index (χ3n) is 6.07. The molecule has 5 nitrogen and oxygen atoms in total. The standard InChI is InChI=1S/C26H32N4O/c1-3-25(31)28-23-17-20(2)26-24(18-23)27-19-30(26)14-8-7-13-29-15-11-22(12-16-29)21-9-5-4-6-10-21/h4-6,9-11,17-19H,3,7-8,12-16H2,1-2H3,(H,28,31). The van der Waals surface area contributed by atoms with E-state index in [9.17, 15) is 4.79 Å². The minimum absolute atomic E-state index is 0.0293. The first-order chi connectivity index (χ1) is 15.1. The van der Waals surface area contributed by atoms with E-state index in [-0.39, 0.29) is 5.91 Å². The maximum atomic E-state index is 11.7.